The highest BCUT2D eigenvalue weighted by atomic mass is 32.2. The molecule has 0 aliphatic carbocycles. The average molecular weight is 224 g/mol. The van der Waals surface area contributed by atoms with Gasteiger partial charge in [0.2, 0.25) is 0 Å². The first-order valence-electron chi connectivity index (χ1n) is 5.00. The van der Waals surface area contributed by atoms with E-state index in [2.05, 4.69) is 13.8 Å². The highest BCUT2D eigenvalue weighted by molar-refractivity contribution is 7.99. The molecule has 3 heteroatoms. The summed E-state index contributed by atoms with van der Waals surface area (Å²) in [4.78, 5) is 11.1. The molecule has 2 nitrogen and oxygen atoms in total. The SMILES string of the molecule is CC(C)SCC(C(=O)O)c1ccccc1. The molecule has 1 aromatic rings. The molecule has 0 aromatic heterocycles. The summed E-state index contributed by atoms with van der Waals surface area (Å²) in [5.74, 6) is -0.496. The minimum Gasteiger partial charge on any atom is -0.481 e. The Kier molecular flexibility index (Phi) is 4.69. The van der Waals surface area contributed by atoms with Gasteiger partial charge in [-0.15, -0.1) is 0 Å². The predicted molar refractivity (Wildman–Crippen MR) is 64.4 cm³/mol. The number of hydrogen-bond acceptors (Lipinski definition) is 2. The fraction of sp³-hybridized carbons (Fsp3) is 0.417. The van der Waals surface area contributed by atoms with Crippen LogP contribution in [-0.4, -0.2) is 22.1 Å². The molecule has 1 aromatic carbocycles. The Balaban J connectivity index is 2.71. The van der Waals surface area contributed by atoms with Gasteiger partial charge in [0.05, 0.1) is 5.92 Å². The smallest absolute Gasteiger partial charge is 0.311 e. The van der Waals surface area contributed by atoms with Gasteiger partial charge in [0.1, 0.15) is 0 Å². The maximum Gasteiger partial charge on any atom is 0.311 e. The standard InChI is InChI=1S/C12H16O2S/c1-9(2)15-8-11(12(13)14)10-6-4-3-5-7-10/h3-7,9,11H,8H2,1-2H3,(H,13,14). The maximum absolute atomic E-state index is 11.1. The molecule has 0 aliphatic rings. The summed E-state index contributed by atoms with van der Waals surface area (Å²) in [7, 11) is 0. The number of carbonyl (C=O) groups is 1. The number of hydrogen-bond donors (Lipinski definition) is 1. The van der Waals surface area contributed by atoms with Gasteiger partial charge in [-0.25, -0.2) is 0 Å². The third-order valence-corrected chi connectivity index (χ3v) is 3.29. The molecule has 0 spiro atoms. The molecule has 82 valence electrons. The normalized spacial score (nSPS) is 12.7. The van der Waals surface area contributed by atoms with Gasteiger partial charge in [-0.1, -0.05) is 44.2 Å². The van der Waals surface area contributed by atoms with Gasteiger partial charge >= 0.3 is 5.97 Å². The summed E-state index contributed by atoms with van der Waals surface area (Å²) >= 11 is 1.68. The summed E-state index contributed by atoms with van der Waals surface area (Å²) in [6.07, 6.45) is 0. The molecule has 0 aliphatic heterocycles. The van der Waals surface area contributed by atoms with Gasteiger partial charge < -0.3 is 5.11 Å². The topological polar surface area (TPSA) is 37.3 Å². The first kappa shape index (κ1) is 12.1. The fourth-order valence-corrected chi connectivity index (χ4v) is 2.20. The molecule has 1 N–H and O–H groups in total. The molecule has 0 amide bonds. The number of carboxylic acids is 1. The van der Waals surface area contributed by atoms with Crippen molar-refractivity contribution in [3.63, 3.8) is 0 Å². The minimum absolute atomic E-state index is 0.390. The van der Waals surface area contributed by atoms with Crippen LogP contribution in [0.4, 0.5) is 0 Å². The second kappa shape index (κ2) is 5.81. The van der Waals surface area contributed by atoms with Crippen LogP contribution in [-0.2, 0) is 4.79 Å². The lowest BCUT2D eigenvalue weighted by molar-refractivity contribution is -0.138. The lowest BCUT2D eigenvalue weighted by Crippen LogP contribution is -2.15. The average Bonchev–Trinajstić information content (AvgIpc) is 2.18. The molecule has 0 saturated heterocycles. The predicted octanol–water partition coefficient (Wildman–Crippen LogP) is 3.00. The van der Waals surface area contributed by atoms with E-state index < -0.39 is 11.9 Å². The Bertz CT molecular complexity index is 309. The van der Waals surface area contributed by atoms with Crippen molar-refractivity contribution in [1.29, 1.82) is 0 Å². The Morgan fingerprint density at radius 2 is 1.93 bits per heavy atom. The summed E-state index contributed by atoms with van der Waals surface area (Å²) in [6, 6.07) is 9.41. The molecular weight excluding hydrogens is 208 g/mol. The molecule has 0 fully saturated rings. The monoisotopic (exact) mass is 224 g/mol. The summed E-state index contributed by atoms with van der Waals surface area (Å²) < 4.78 is 0. The second-order valence-corrected chi connectivity index (χ2v) is 5.29. The lowest BCUT2D eigenvalue weighted by Gasteiger charge is -2.13. The molecule has 1 rings (SSSR count). The van der Waals surface area contributed by atoms with E-state index in [1.807, 2.05) is 30.3 Å². The van der Waals surface area contributed by atoms with Crippen molar-refractivity contribution in [1.82, 2.24) is 0 Å². The zero-order valence-corrected chi connectivity index (χ0v) is 9.83. The molecule has 0 heterocycles. The van der Waals surface area contributed by atoms with E-state index in [0.29, 0.717) is 11.0 Å². The first-order chi connectivity index (χ1) is 7.11. The van der Waals surface area contributed by atoms with Gasteiger partial charge in [0.15, 0.2) is 0 Å². The molecular formula is C12H16O2S. The zero-order chi connectivity index (χ0) is 11.3. The van der Waals surface area contributed by atoms with Crippen molar-refractivity contribution in [3.05, 3.63) is 35.9 Å². The van der Waals surface area contributed by atoms with E-state index >= 15 is 0 Å². The molecule has 0 radical (unpaired) electrons. The quantitative estimate of drug-likeness (QED) is 0.835. The van der Waals surface area contributed by atoms with E-state index in [4.69, 9.17) is 5.11 Å². The Morgan fingerprint density at radius 1 is 1.33 bits per heavy atom. The van der Waals surface area contributed by atoms with Gasteiger partial charge in [-0.3, -0.25) is 4.79 Å². The van der Waals surface area contributed by atoms with Crippen molar-refractivity contribution in [2.75, 3.05) is 5.75 Å². The number of rotatable bonds is 5. The zero-order valence-electron chi connectivity index (χ0n) is 9.01. The summed E-state index contributed by atoms with van der Waals surface area (Å²) in [5.41, 5.74) is 0.887. The largest absolute Gasteiger partial charge is 0.481 e. The van der Waals surface area contributed by atoms with E-state index in [1.165, 1.54) is 0 Å². The second-order valence-electron chi connectivity index (χ2n) is 3.68. The molecule has 0 bridgehead atoms. The highest BCUT2D eigenvalue weighted by Gasteiger charge is 2.19. The third kappa shape index (κ3) is 3.96. The molecule has 1 atom stereocenters. The Morgan fingerprint density at radius 3 is 2.40 bits per heavy atom. The van der Waals surface area contributed by atoms with Gasteiger partial charge in [-0.05, 0) is 10.8 Å². The van der Waals surface area contributed by atoms with E-state index in [0.717, 1.165) is 5.56 Å². The van der Waals surface area contributed by atoms with Gasteiger partial charge in [0.25, 0.3) is 0 Å². The first-order valence-corrected chi connectivity index (χ1v) is 6.05. The Labute approximate surface area is 94.7 Å². The Hall–Kier alpha value is -0.960. The van der Waals surface area contributed by atoms with Crippen molar-refractivity contribution in [2.45, 2.75) is 25.0 Å². The maximum atomic E-state index is 11.1. The molecule has 1 unspecified atom stereocenters. The van der Waals surface area contributed by atoms with E-state index in [9.17, 15) is 4.79 Å². The lowest BCUT2D eigenvalue weighted by atomic mass is 10.0. The number of thioether (sulfide) groups is 1. The van der Waals surface area contributed by atoms with Crippen molar-refractivity contribution >= 4 is 17.7 Å². The third-order valence-electron chi connectivity index (χ3n) is 2.10. The number of benzene rings is 1. The van der Waals surface area contributed by atoms with Gasteiger partial charge in [-0.2, -0.15) is 11.8 Å². The van der Waals surface area contributed by atoms with Crippen LogP contribution < -0.4 is 0 Å². The van der Waals surface area contributed by atoms with Crippen LogP contribution in [0.5, 0.6) is 0 Å². The van der Waals surface area contributed by atoms with Crippen molar-refractivity contribution < 1.29 is 9.90 Å². The van der Waals surface area contributed by atoms with Crippen LogP contribution in [0.25, 0.3) is 0 Å². The van der Waals surface area contributed by atoms with Crippen LogP contribution >= 0.6 is 11.8 Å². The van der Waals surface area contributed by atoms with Crippen LogP contribution in [0.15, 0.2) is 30.3 Å². The van der Waals surface area contributed by atoms with Gasteiger partial charge in [0, 0.05) is 5.75 Å². The van der Waals surface area contributed by atoms with E-state index in [-0.39, 0.29) is 0 Å². The number of carboxylic acid groups (broad SMARTS) is 1. The minimum atomic E-state index is -0.741. The molecule has 15 heavy (non-hydrogen) atoms. The summed E-state index contributed by atoms with van der Waals surface area (Å²) in [6.45, 7) is 4.16. The van der Waals surface area contributed by atoms with E-state index in [1.54, 1.807) is 11.8 Å². The van der Waals surface area contributed by atoms with Crippen molar-refractivity contribution in [2.24, 2.45) is 0 Å². The van der Waals surface area contributed by atoms with Crippen LogP contribution in [0.3, 0.4) is 0 Å². The van der Waals surface area contributed by atoms with Crippen LogP contribution in [0.2, 0.25) is 0 Å². The number of aliphatic carboxylic acids is 1. The molecule has 0 saturated carbocycles. The highest BCUT2D eigenvalue weighted by Crippen LogP contribution is 2.23. The van der Waals surface area contributed by atoms with Crippen molar-refractivity contribution in [3.8, 4) is 0 Å². The van der Waals surface area contributed by atoms with Crippen LogP contribution in [0.1, 0.15) is 25.3 Å². The fourth-order valence-electron chi connectivity index (χ4n) is 1.28. The summed E-state index contributed by atoms with van der Waals surface area (Å²) in [5, 5.41) is 9.59. The van der Waals surface area contributed by atoms with Crippen LogP contribution in [0, 0.1) is 0 Å².